The highest BCUT2D eigenvalue weighted by atomic mass is 32.2. The highest BCUT2D eigenvalue weighted by Gasteiger charge is 2.24. The van der Waals surface area contributed by atoms with Crippen molar-refractivity contribution in [2.24, 2.45) is 0 Å². The van der Waals surface area contributed by atoms with Crippen molar-refractivity contribution in [3.63, 3.8) is 0 Å². The van der Waals surface area contributed by atoms with Crippen LogP contribution >= 0.6 is 11.8 Å². The minimum atomic E-state index is -0.458. The molecule has 1 aromatic heterocycles. The molecule has 130 valence electrons. The van der Waals surface area contributed by atoms with Crippen LogP contribution in [0.2, 0.25) is 0 Å². The Hall–Kier alpha value is -1.17. The summed E-state index contributed by atoms with van der Waals surface area (Å²) >= 11 is 1.97. The summed E-state index contributed by atoms with van der Waals surface area (Å²) in [6, 6.07) is 0.542. The van der Waals surface area contributed by atoms with Gasteiger partial charge in [0.2, 0.25) is 0 Å². The Morgan fingerprint density at radius 1 is 1.48 bits per heavy atom. The van der Waals surface area contributed by atoms with Crippen molar-refractivity contribution in [2.45, 2.75) is 69.8 Å². The summed E-state index contributed by atoms with van der Waals surface area (Å²) < 4.78 is 7.56. The maximum atomic E-state index is 11.7. The van der Waals surface area contributed by atoms with Gasteiger partial charge in [-0.25, -0.2) is 9.78 Å². The number of nitrogens with one attached hydrogen (secondary N) is 1. The Balaban J connectivity index is 1.85. The fraction of sp³-hybridized carbons (Fsp3) is 0.765. The lowest BCUT2D eigenvalue weighted by Gasteiger charge is -2.30. The minimum absolute atomic E-state index is 0.358. The van der Waals surface area contributed by atoms with Gasteiger partial charge >= 0.3 is 6.09 Å². The second-order valence-corrected chi connectivity index (χ2v) is 8.29. The van der Waals surface area contributed by atoms with Crippen LogP contribution in [-0.4, -0.2) is 39.3 Å². The van der Waals surface area contributed by atoms with Crippen molar-refractivity contribution >= 4 is 17.9 Å². The molecule has 1 aromatic rings. The highest BCUT2D eigenvalue weighted by molar-refractivity contribution is 7.99. The summed E-state index contributed by atoms with van der Waals surface area (Å²) in [6.07, 6.45) is 11.5. The zero-order valence-corrected chi connectivity index (χ0v) is 15.5. The van der Waals surface area contributed by atoms with Gasteiger partial charge in [0.1, 0.15) is 5.60 Å². The molecule has 0 aliphatic heterocycles. The van der Waals surface area contributed by atoms with Crippen molar-refractivity contribution in [1.29, 1.82) is 0 Å². The van der Waals surface area contributed by atoms with E-state index in [0.717, 1.165) is 11.7 Å². The van der Waals surface area contributed by atoms with Crippen molar-refractivity contribution in [1.82, 2.24) is 14.9 Å². The molecule has 1 fully saturated rings. The summed E-state index contributed by atoms with van der Waals surface area (Å²) in [5.74, 6) is 0. The molecular formula is C17H29N3O2S. The molecule has 0 aromatic carbocycles. The summed E-state index contributed by atoms with van der Waals surface area (Å²) in [7, 11) is 0. The van der Waals surface area contributed by atoms with Crippen LogP contribution in [0.25, 0.3) is 0 Å². The fourth-order valence-electron chi connectivity index (χ4n) is 3.05. The number of aromatic nitrogens is 2. The van der Waals surface area contributed by atoms with E-state index in [4.69, 9.17) is 4.74 Å². The molecule has 2 unspecified atom stereocenters. The van der Waals surface area contributed by atoms with Crippen molar-refractivity contribution in [3.05, 3.63) is 18.2 Å². The summed E-state index contributed by atoms with van der Waals surface area (Å²) in [4.78, 5) is 16.0. The van der Waals surface area contributed by atoms with Gasteiger partial charge < -0.3 is 14.6 Å². The molecule has 1 aliphatic carbocycles. The van der Waals surface area contributed by atoms with Crippen LogP contribution in [0.5, 0.6) is 0 Å². The average molecular weight is 340 g/mol. The van der Waals surface area contributed by atoms with Gasteiger partial charge in [0, 0.05) is 36.1 Å². The van der Waals surface area contributed by atoms with Crippen molar-refractivity contribution in [3.8, 4) is 0 Å². The number of alkyl carbamates (subject to hydrolysis) is 1. The van der Waals surface area contributed by atoms with Gasteiger partial charge in [-0.15, -0.1) is 0 Å². The lowest BCUT2D eigenvalue weighted by molar-refractivity contribution is 0.0528. The number of hydrogen-bond donors (Lipinski definition) is 1. The van der Waals surface area contributed by atoms with E-state index in [1.807, 2.05) is 45.1 Å². The Morgan fingerprint density at radius 2 is 2.26 bits per heavy atom. The predicted octanol–water partition coefficient (Wildman–Crippen LogP) is 3.80. The fourth-order valence-corrected chi connectivity index (χ4v) is 3.87. The van der Waals surface area contributed by atoms with Crippen LogP contribution in [0.3, 0.4) is 0 Å². The molecule has 1 amide bonds. The van der Waals surface area contributed by atoms with Crippen LogP contribution < -0.4 is 5.32 Å². The van der Waals surface area contributed by atoms with Gasteiger partial charge in [-0.1, -0.05) is 6.42 Å². The third-order valence-corrected chi connectivity index (χ3v) is 5.22. The zero-order valence-electron chi connectivity index (χ0n) is 14.7. The third kappa shape index (κ3) is 5.75. The Labute approximate surface area is 143 Å². The van der Waals surface area contributed by atoms with E-state index in [0.29, 0.717) is 12.6 Å². The van der Waals surface area contributed by atoms with Crippen LogP contribution in [-0.2, 0) is 11.2 Å². The van der Waals surface area contributed by atoms with Gasteiger partial charge in [-0.05, 0) is 46.3 Å². The van der Waals surface area contributed by atoms with E-state index >= 15 is 0 Å². The summed E-state index contributed by atoms with van der Waals surface area (Å²) in [6.45, 7) is 6.17. The maximum absolute atomic E-state index is 11.7. The Kier molecular flexibility index (Phi) is 6.39. The maximum Gasteiger partial charge on any atom is 0.407 e. The Morgan fingerprint density at radius 3 is 2.96 bits per heavy atom. The number of thioether (sulfide) groups is 1. The van der Waals surface area contributed by atoms with E-state index < -0.39 is 5.60 Å². The average Bonchev–Trinajstić information content (AvgIpc) is 2.94. The molecule has 1 saturated carbocycles. The molecule has 2 atom stereocenters. The molecule has 6 heteroatoms. The smallest absolute Gasteiger partial charge is 0.407 e. The van der Waals surface area contributed by atoms with Gasteiger partial charge in [0.15, 0.2) is 0 Å². The number of carbonyl (C=O) groups excluding carboxylic acids is 1. The normalized spacial score (nSPS) is 21.9. The molecule has 0 saturated heterocycles. The molecular weight excluding hydrogens is 310 g/mol. The monoisotopic (exact) mass is 339 g/mol. The molecule has 5 nitrogen and oxygen atoms in total. The molecule has 2 rings (SSSR count). The number of amides is 1. The van der Waals surface area contributed by atoms with Gasteiger partial charge in [0.25, 0.3) is 0 Å². The van der Waals surface area contributed by atoms with E-state index in [9.17, 15) is 4.79 Å². The number of imidazole rings is 1. The highest BCUT2D eigenvalue weighted by Crippen LogP contribution is 2.34. The minimum Gasteiger partial charge on any atom is -0.444 e. The molecule has 23 heavy (non-hydrogen) atoms. The first-order valence-corrected chi connectivity index (χ1v) is 9.68. The first-order chi connectivity index (χ1) is 10.9. The van der Waals surface area contributed by atoms with E-state index in [2.05, 4.69) is 21.1 Å². The third-order valence-electron chi connectivity index (χ3n) is 4.12. The molecule has 1 N–H and O–H groups in total. The van der Waals surface area contributed by atoms with Crippen LogP contribution in [0, 0.1) is 0 Å². The molecule has 0 bridgehead atoms. The second kappa shape index (κ2) is 8.08. The molecule has 0 spiro atoms. The number of carbonyl (C=O) groups is 1. The standard InChI is InChI=1S/C17H29N3O2S/c1-17(2,3)22-16(21)19-9-8-14-11-18-12-20(14)13-6-5-7-15(10-13)23-4/h11-13,15H,5-10H2,1-4H3,(H,19,21). The quantitative estimate of drug-likeness (QED) is 0.886. The summed E-state index contributed by atoms with van der Waals surface area (Å²) in [5, 5.41) is 3.57. The van der Waals surface area contributed by atoms with Crippen molar-refractivity contribution in [2.75, 3.05) is 12.8 Å². The number of ether oxygens (including phenoxy) is 1. The van der Waals surface area contributed by atoms with E-state index in [-0.39, 0.29) is 6.09 Å². The molecule has 1 aliphatic rings. The van der Waals surface area contributed by atoms with Gasteiger partial charge in [0.05, 0.1) is 6.33 Å². The molecule has 0 radical (unpaired) electrons. The summed E-state index contributed by atoms with van der Waals surface area (Å²) in [5.41, 5.74) is 0.730. The number of hydrogen-bond acceptors (Lipinski definition) is 4. The zero-order chi connectivity index (χ0) is 16.9. The lowest BCUT2D eigenvalue weighted by Crippen LogP contribution is -2.33. The topological polar surface area (TPSA) is 56.2 Å². The van der Waals surface area contributed by atoms with Crippen molar-refractivity contribution < 1.29 is 9.53 Å². The molecule has 1 heterocycles. The number of rotatable bonds is 5. The largest absolute Gasteiger partial charge is 0.444 e. The van der Waals surface area contributed by atoms with Crippen LogP contribution in [0.1, 0.15) is 58.2 Å². The lowest BCUT2D eigenvalue weighted by atomic mass is 9.94. The number of nitrogens with zero attached hydrogens (tertiary/aromatic N) is 2. The van der Waals surface area contributed by atoms with E-state index in [1.54, 1.807) is 0 Å². The predicted molar refractivity (Wildman–Crippen MR) is 95.0 cm³/mol. The van der Waals surface area contributed by atoms with Gasteiger partial charge in [-0.2, -0.15) is 11.8 Å². The van der Waals surface area contributed by atoms with Crippen LogP contribution in [0.15, 0.2) is 12.5 Å². The van der Waals surface area contributed by atoms with Gasteiger partial charge in [-0.3, -0.25) is 0 Å². The Bertz CT molecular complexity index is 510. The SMILES string of the molecule is CSC1CCCC(n2cncc2CCNC(=O)OC(C)(C)C)C1. The van der Waals surface area contributed by atoms with E-state index in [1.165, 1.54) is 31.4 Å². The first kappa shape index (κ1) is 18.2. The van der Waals surface area contributed by atoms with Crippen LogP contribution in [0.4, 0.5) is 4.79 Å². The second-order valence-electron chi connectivity index (χ2n) is 7.15. The first-order valence-electron chi connectivity index (χ1n) is 8.39.